The SMILES string of the molecule is Cc1ccc(C2C(C#N)=C(N)N(N3CCOCC3)C3=C2C(=O)CC(c2ccccc2)C3)cc1. The second-order valence-electron chi connectivity index (χ2n) is 8.93. The number of allylic oxidation sites excluding steroid dienone is 3. The van der Waals surface area contributed by atoms with Gasteiger partial charge in [-0.05, 0) is 30.4 Å². The van der Waals surface area contributed by atoms with E-state index in [1.165, 1.54) is 0 Å². The first-order valence-corrected chi connectivity index (χ1v) is 11.5. The molecule has 2 aliphatic heterocycles. The molecule has 168 valence electrons. The minimum Gasteiger partial charge on any atom is -0.383 e. The summed E-state index contributed by atoms with van der Waals surface area (Å²) >= 11 is 0. The van der Waals surface area contributed by atoms with Crippen LogP contribution < -0.4 is 5.73 Å². The number of hydrogen-bond donors (Lipinski definition) is 1. The molecule has 2 aromatic carbocycles. The third-order valence-corrected chi connectivity index (χ3v) is 6.89. The summed E-state index contributed by atoms with van der Waals surface area (Å²) in [7, 11) is 0. The molecule has 3 aliphatic rings. The summed E-state index contributed by atoms with van der Waals surface area (Å²) in [5.74, 6) is 0.155. The lowest BCUT2D eigenvalue weighted by Crippen LogP contribution is -2.52. The number of benzene rings is 2. The van der Waals surface area contributed by atoms with Crippen molar-refractivity contribution in [3.63, 3.8) is 0 Å². The molecule has 0 aromatic heterocycles. The molecule has 2 unspecified atom stereocenters. The molecule has 2 aromatic rings. The number of nitriles is 1. The molecule has 33 heavy (non-hydrogen) atoms. The van der Waals surface area contributed by atoms with Crippen molar-refractivity contribution in [2.24, 2.45) is 5.73 Å². The molecule has 1 saturated heterocycles. The fourth-order valence-corrected chi connectivity index (χ4v) is 5.24. The molecule has 2 atom stereocenters. The van der Waals surface area contributed by atoms with E-state index in [4.69, 9.17) is 10.5 Å². The Bertz CT molecular complexity index is 1150. The predicted molar refractivity (Wildman–Crippen MR) is 125 cm³/mol. The van der Waals surface area contributed by atoms with E-state index in [1.54, 1.807) is 0 Å². The van der Waals surface area contributed by atoms with Crippen molar-refractivity contribution in [3.05, 3.63) is 94.0 Å². The normalized spacial score (nSPS) is 24.0. The first kappa shape index (κ1) is 21.4. The minimum atomic E-state index is -0.438. The van der Waals surface area contributed by atoms with E-state index in [1.807, 2.05) is 54.4 Å². The van der Waals surface area contributed by atoms with Crippen LogP contribution in [-0.2, 0) is 9.53 Å². The highest BCUT2D eigenvalue weighted by atomic mass is 16.5. The molecule has 6 nitrogen and oxygen atoms in total. The molecular formula is C27H28N4O2. The van der Waals surface area contributed by atoms with Gasteiger partial charge in [-0.1, -0.05) is 60.2 Å². The minimum absolute atomic E-state index is 0.0797. The molecule has 1 fully saturated rings. The smallest absolute Gasteiger partial charge is 0.162 e. The van der Waals surface area contributed by atoms with Crippen LogP contribution in [0.4, 0.5) is 0 Å². The number of ether oxygens (including phenoxy) is 1. The van der Waals surface area contributed by atoms with E-state index in [-0.39, 0.29) is 11.7 Å². The Morgan fingerprint density at radius 1 is 1.00 bits per heavy atom. The molecule has 0 amide bonds. The maximum Gasteiger partial charge on any atom is 0.162 e. The van der Waals surface area contributed by atoms with Gasteiger partial charge in [0.1, 0.15) is 5.82 Å². The van der Waals surface area contributed by atoms with Crippen LogP contribution in [0.15, 0.2) is 77.3 Å². The van der Waals surface area contributed by atoms with Crippen LogP contribution in [0.25, 0.3) is 0 Å². The van der Waals surface area contributed by atoms with Crippen LogP contribution in [0.1, 0.15) is 41.4 Å². The van der Waals surface area contributed by atoms with Gasteiger partial charge in [0, 0.05) is 30.8 Å². The van der Waals surface area contributed by atoms with Gasteiger partial charge in [-0.3, -0.25) is 9.80 Å². The predicted octanol–water partition coefficient (Wildman–Crippen LogP) is 3.74. The molecule has 0 radical (unpaired) electrons. The van der Waals surface area contributed by atoms with Gasteiger partial charge in [-0.25, -0.2) is 5.01 Å². The van der Waals surface area contributed by atoms with Crippen molar-refractivity contribution >= 4 is 5.78 Å². The molecule has 2 heterocycles. The lowest BCUT2D eigenvalue weighted by Gasteiger charge is -2.47. The number of nitrogens with two attached hydrogens (primary N) is 1. The number of nitrogens with zero attached hydrogens (tertiary/aromatic N) is 3. The van der Waals surface area contributed by atoms with Crippen molar-refractivity contribution in [2.45, 2.75) is 31.6 Å². The van der Waals surface area contributed by atoms with Crippen molar-refractivity contribution in [1.82, 2.24) is 10.0 Å². The molecule has 0 bridgehead atoms. The van der Waals surface area contributed by atoms with E-state index in [2.05, 4.69) is 23.2 Å². The first-order valence-electron chi connectivity index (χ1n) is 11.5. The maximum absolute atomic E-state index is 13.8. The largest absolute Gasteiger partial charge is 0.383 e. The lowest BCUT2D eigenvalue weighted by atomic mass is 9.72. The Morgan fingerprint density at radius 2 is 1.70 bits per heavy atom. The fourth-order valence-electron chi connectivity index (χ4n) is 5.24. The lowest BCUT2D eigenvalue weighted by molar-refractivity contribution is -0.117. The number of morpholine rings is 1. The van der Waals surface area contributed by atoms with Crippen molar-refractivity contribution < 1.29 is 9.53 Å². The number of carbonyl (C=O) groups is 1. The topological polar surface area (TPSA) is 82.6 Å². The number of Topliss-reactive ketones (excluding diaryl/α,β-unsaturated/α-hetero) is 1. The number of hydrogen-bond acceptors (Lipinski definition) is 6. The zero-order valence-corrected chi connectivity index (χ0v) is 18.8. The van der Waals surface area contributed by atoms with E-state index in [0.717, 1.165) is 22.4 Å². The van der Waals surface area contributed by atoms with Crippen molar-refractivity contribution in [2.75, 3.05) is 26.3 Å². The monoisotopic (exact) mass is 440 g/mol. The zero-order chi connectivity index (χ0) is 22.9. The van der Waals surface area contributed by atoms with E-state index in [9.17, 15) is 10.1 Å². The van der Waals surface area contributed by atoms with Crippen molar-refractivity contribution in [3.8, 4) is 6.07 Å². The molecule has 6 heteroatoms. The Kier molecular flexibility index (Phi) is 5.76. The second-order valence-corrected chi connectivity index (χ2v) is 8.93. The number of carbonyl (C=O) groups excluding carboxylic acids is 1. The maximum atomic E-state index is 13.8. The van der Waals surface area contributed by atoms with Gasteiger partial charge >= 0.3 is 0 Å². The average Bonchev–Trinajstić information content (AvgIpc) is 2.85. The summed E-state index contributed by atoms with van der Waals surface area (Å²) in [4.78, 5) is 13.8. The Balaban J connectivity index is 1.66. The number of hydrazine groups is 1. The van der Waals surface area contributed by atoms with Crippen LogP contribution in [0.3, 0.4) is 0 Å². The summed E-state index contributed by atoms with van der Waals surface area (Å²) < 4.78 is 5.55. The standard InChI is InChI=1S/C27H28N4O2/c1-18-7-9-20(10-8-18)25-22(17-28)27(29)31(30-11-13-33-14-12-30)23-15-21(16-24(32)26(23)25)19-5-3-2-4-6-19/h2-10,21,25H,11-16,29H2,1H3. The third-order valence-electron chi connectivity index (χ3n) is 6.89. The van der Waals surface area contributed by atoms with Crippen LogP contribution in [-0.4, -0.2) is 42.1 Å². The highest BCUT2D eigenvalue weighted by Gasteiger charge is 2.44. The molecule has 0 spiro atoms. The van der Waals surface area contributed by atoms with Crippen molar-refractivity contribution in [1.29, 1.82) is 5.26 Å². The first-order chi connectivity index (χ1) is 16.1. The van der Waals surface area contributed by atoms with Gasteiger partial charge in [0.15, 0.2) is 5.78 Å². The van der Waals surface area contributed by atoms with E-state index >= 15 is 0 Å². The highest BCUT2D eigenvalue weighted by Crippen LogP contribution is 2.48. The Hall–Kier alpha value is -3.40. The Labute approximate surface area is 194 Å². The summed E-state index contributed by atoms with van der Waals surface area (Å²) in [6, 6.07) is 20.6. The van der Waals surface area contributed by atoms with Crippen LogP contribution in [0.5, 0.6) is 0 Å². The van der Waals surface area contributed by atoms with Gasteiger partial charge in [0.25, 0.3) is 0 Å². The molecular weight excluding hydrogens is 412 g/mol. The summed E-state index contributed by atoms with van der Waals surface area (Å²) in [5, 5.41) is 14.3. The highest BCUT2D eigenvalue weighted by molar-refractivity contribution is 6.00. The van der Waals surface area contributed by atoms with Crippen LogP contribution >= 0.6 is 0 Å². The van der Waals surface area contributed by atoms with E-state index < -0.39 is 5.92 Å². The molecule has 1 aliphatic carbocycles. The summed E-state index contributed by atoms with van der Waals surface area (Å²) in [6.07, 6.45) is 1.13. The third kappa shape index (κ3) is 3.84. The summed E-state index contributed by atoms with van der Waals surface area (Å²) in [5.41, 5.74) is 12.0. The Morgan fingerprint density at radius 3 is 2.36 bits per heavy atom. The quantitative estimate of drug-likeness (QED) is 0.783. The van der Waals surface area contributed by atoms with Gasteiger partial charge in [0.05, 0.1) is 30.8 Å². The fraction of sp³-hybridized carbons (Fsp3) is 0.333. The summed E-state index contributed by atoms with van der Waals surface area (Å²) in [6.45, 7) is 4.53. The van der Waals surface area contributed by atoms with Crippen LogP contribution in [0, 0.1) is 18.3 Å². The van der Waals surface area contributed by atoms with Gasteiger partial charge in [-0.2, -0.15) is 5.26 Å². The number of aryl methyl sites for hydroxylation is 1. The molecule has 5 rings (SSSR count). The molecule has 0 saturated carbocycles. The molecule has 2 N–H and O–H groups in total. The van der Waals surface area contributed by atoms with Gasteiger partial charge in [0.2, 0.25) is 0 Å². The zero-order valence-electron chi connectivity index (χ0n) is 18.8. The van der Waals surface area contributed by atoms with Crippen LogP contribution in [0.2, 0.25) is 0 Å². The van der Waals surface area contributed by atoms with Gasteiger partial charge in [-0.15, -0.1) is 0 Å². The van der Waals surface area contributed by atoms with E-state index in [0.29, 0.717) is 56.1 Å². The van der Waals surface area contributed by atoms with Gasteiger partial charge < -0.3 is 10.5 Å². The second kappa shape index (κ2) is 8.86. The number of rotatable bonds is 3. The average molecular weight is 441 g/mol. The number of ketones is 1.